The lowest BCUT2D eigenvalue weighted by atomic mass is 9.76. The van der Waals surface area contributed by atoms with Crippen LogP contribution in [-0.4, -0.2) is 6.61 Å². The number of hydrogen-bond donors (Lipinski definition) is 0. The van der Waals surface area contributed by atoms with Gasteiger partial charge in [-0.1, -0.05) is 147 Å². The van der Waals surface area contributed by atoms with Crippen LogP contribution in [0.2, 0.25) is 0 Å². The molecule has 1 saturated carbocycles. The third-order valence-corrected chi connectivity index (χ3v) is 9.17. The zero-order valence-electron chi connectivity index (χ0n) is 25.8. The van der Waals surface area contributed by atoms with Gasteiger partial charge in [-0.3, -0.25) is 0 Å². The second kappa shape index (κ2) is 19.7. The third-order valence-electron chi connectivity index (χ3n) is 9.17. The molecule has 0 amide bonds. The van der Waals surface area contributed by atoms with Crippen molar-refractivity contribution in [1.82, 2.24) is 0 Å². The molecule has 2 heteroatoms. The Morgan fingerprint density at radius 1 is 0.700 bits per heavy atom. The van der Waals surface area contributed by atoms with Crippen LogP contribution in [0.5, 0.6) is 5.75 Å². The monoisotopic (exact) mass is 543 g/mol. The van der Waals surface area contributed by atoms with E-state index in [2.05, 4.69) is 68.4 Å². The highest BCUT2D eigenvalue weighted by molar-refractivity contribution is 5.64. The molecule has 2 nitrogen and oxygen atoms in total. The Kier molecular flexibility index (Phi) is 15.9. The summed E-state index contributed by atoms with van der Waals surface area (Å²) in [5, 5.41) is 9.84. The molecule has 1 fully saturated rings. The Morgan fingerprint density at radius 2 is 1.25 bits per heavy atom. The van der Waals surface area contributed by atoms with E-state index in [1.54, 1.807) is 0 Å². The molecule has 220 valence electrons. The number of ether oxygens (including phenoxy) is 1. The van der Waals surface area contributed by atoms with E-state index < -0.39 is 0 Å². The highest BCUT2D eigenvalue weighted by Gasteiger charge is 2.23. The molecule has 0 heterocycles. The van der Waals surface area contributed by atoms with Crippen molar-refractivity contribution in [3.63, 3.8) is 0 Å². The molecule has 0 aliphatic heterocycles. The summed E-state index contributed by atoms with van der Waals surface area (Å²) in [6.45, 7) is 5.36. The largest absolute Gasteiger partial charge is 0.494 e. The molecular formula is C38H57NO. The summed E-state index contributed by atoms with van der Waals surface area (Å²) in [6, 6.07) is 20.1. The van der Waals surface area contributed by atoms with E-state index >= 15 is 0 Å². The predicted octanol–water partition coefficient (Wildman–Crippen LogP) is 11.7. The molecule has 2 aromatic rings. The van der Waals surface area contributed by atoms with Crippen molar-refractivity contribution in [2.24, 2.45) is 17.8 Å². The van der Waals surface area contributed by atoms with Crippen LogP contribution in [0.25, 0.3) is 11.1 Å². The first kappa shape index (κ1) is 32.2. The van der Waals surface area contributed by atoms with Crippen LogP contribution in [0.3, 0.4) is 0 Å². The maximum atomic E-state index is 9.84. The van der Waals surface area contributed by atoms with E-state index in [-0.39, 0.29) is 5.92 Å². The standard InChI is InChI=1S/C38H57NO/c1-3-5-7-9-11-13-29-40-38-27-25-37(26-28-38)36-23-21-33(22-24-36)17-20-35(31-39)30-34-18-15-32(16-19-34)14-12-10-8-6-4-2/h21-28,32,34-35H,3-20,29-30H2,1-2H3/t32-,34-,35?. The first-order valence-electron chi connectivity index (χ1n) is 16.9. The summed E-state index contributed by atoms with van der Waals surface area (Å²) in [4.78, 5) is 0. The van der Waals surface area contributed by atoms with E-state index in [0.29, 0.717) is 0 Å². The minimum atomic E-state index is 0.194. The van der Waals surface area contributed by atoms with Crippen LogP contribution >= 0.6 is 0 Å². The smallest absolute Gasteiger partial charge is 0.119 e. The molecule has 1 aliphatic carbocycles. The van der Waals surface area contributed by atoms with Crippen LogP contribution in [0.1, 0.15) is 135 Å². The van der Waals surface area contributed by atoms with Crippen LogP contribution in [0.4, 0.5) is 0 Å². The highest BCUT2D eigenvalue weighted by Crippen LogP contribution is 2.36. The average Bonchev–Trinajstić information content (AvgIpc) is 3.00. The molecule has 40 heavy (non-hydrogen) atoms. The van der Waals surface area contributed by atoms with Crippen LogP contribution in [0.15, 0.2) is 48.5 Å². The zero-order valence-corrected chi connectivity index (χ0v) is 25.8. The lowest BCUT2D eigenvalue weighted by molar-refractivity contribution is 0.233. The maximum Gasteiger partial charge on any atom is 0.119 e. The molecule has 0 N–H and O–H groups in total. The Morgan fingerprint density at radius 3 is 1.88 bits per heavy atom. The molecule has 0 aromatic heterocycles. The van der Waals surface area contributed by atoms with Crippen LogP contribution in [0, 0.1) is 29.1 Å². The van der Waals surface area contributed by atoms with E-state index in [1.807, 2.05) is 0 Å². The van der Waals surface area contributed by atoms with Gasteiger partial charge in [0.2, 0.25) is 0 Å². The van der Waals surface area contributed by atoms with Gasteiger partial charge in [-0.2, -0.15) is 5.26 Å². The first-order chi connectivity index (χ1) is 19.7. The van der Waals surface area contributed by atoms with Gasteiger partial charge in [-0.05, 0) is 66.3 Å². The number of hydrogen-bond acceptors (Lipinski definition) is 2. The molecule has 0 radical (unpaired) electrons. The summed E-state index contributed by atoms with van der Waals surface area (Å²) in [6.07, 6.45) is 24.7. The number of benzene rings is 2. The van der Waals surface area contributed by atoms with Gasteiger partial charge >= 0.3 is 0 Å². The summed E-state index contributed by atoms with van der Waals surface area (Å²) in [5.41, 5.74) is 3.81. The van der Waals surface area contributed by atoms with E-state index in [4.69, 9.17) is 4.74 Å². The van der Waals surface area contributed by atoms with Crippen molar-refractivity contribution >= 4 is 0 Å². The number of rotatable bonds is 20. The Bertz CT molecular complexity index is 933. The molecule has 0 saturated heterocycles. The van der Waals surface area contributed by atoms with Gasteiger partial charge in [0.15, 0.2) is 0 Å². The number of aryl methyl sites for hydroxylation is 1. The maximum absolute atomic E-state index is 9.84. The average molecular weight is 544 g/mol. The predicted molar refractivity (Wildman–Crippen MR) is 172 cm³/mol. The minimum Gasteiger partial charge on any atom is -0.494 e. The second-order valence-corrected chi connectivity index (χ2v) is 12.5. The van der Waals surface area contributed by atoms with Gasteiger partial charge in [0.05, 0.1) is 12.7 Å². The number of nitriles is 1. The van der Waals surface area contributed by atoms with Crippen molar-refractivity contribution < 1.29 is 4.74 Å². The molecule has 3 rings (SSSR count). The van der Waals surface area contributed by atoms with Crippen molar-refractivity contribution in [2.45, 2.75) is 136 Å². The normalized spacial score (nSPS) is 17.8. The highest BCUT2D eigenvalue weighted by atomic mass is 16.5. The summed E-state index contributed by atoms with van der Waals surface area (Å²) in [5.74, 6) is 2.87. The molecule has 0 bridgehead atoms. The molecule has 1 aliphatic rings. The van der Waals surface area contributed by atoms with E-state index in [1.165, 1.54) is 113 Å². The molecule has 1 atom stereocenters. The van der Waals surface area contributed by atoms with Crippen molar-refractivity contribution in [3.05, 3.63) is 54.1 Å². The Labute approximate surface area is 246 Å². The van der Waals surface area contributed by atoms with Gasteiger partial charge in [-0.25, -0.2) is 0 Å². The lowest BCUT2D eigenvalue weighted by Crippen LogP contribution is -2.17. The molecule has 1 unspecified atom stereocenters. The number of unbranched alkanes of at least 4 members (excludes halogenated alkanes) is 9. The van der Waals surface area contributed by atoms with E-state index in [9.17, 15) is 5.26 Å². The topological polar surface area (TPSA) is 33.0 Å². The van der Waals surface area contributed by atoms with Crippen molar-refractivity contribution in [1.29, 1.82) is 5.26 Å². The van der Waals surface area contributed by atoms with Gasteiger partial charge in [0, 0.05) is 5.92 Å². The van der Waals surface area contributed by atoms with Gasteiger partial charge in [0.25, 0.3) is 0 Å². The summed E-state index contributed by atoms with van der Waals surface area (Å²) >= 11 is 0. The first-order valence-corrected chi connectivity index (χ1v) is 16.9. The van der Waals surface area contributed by atoms with Gasteiger partial charge in [-0.15, -0.1) is 0 Å². The Hall–Kier alpha value is -2.27. The summed E-state index contributed by atoms with van der Waals surface area (Å²) < 4.78 is 5.95. The fraction of sp³-hybridized carbons (Fsp3) is 0.658. The van der Waals surface area contributed by atoms with Crippen molar-refractivity contribution in [2.75, 3.05) is 6.61 Å². The quantitative estimate of drug-likeness (QED) is 0.156. The third kappa shape index (κ3) is 12.5. The molecular weight excluding hydrogens is 486 g/mol. The number of nitrogens with zero attached hydrogens (tertiary/aromatic N) is 1. The minimum absolute atomic E-state index is 0.194. The fourth-order valence-corrected chi connectivity index (χ4v) is 6.45. The zero-order chi connectivity index (χ0) is 28.3. The lowest BCUT2D eigenvalue weighted by Gasteiger charge is -2.29. The molecule has 2 aromatic carbocycles. The van der Waals surface area contributed by atoms with E-state index in [0.717, 1.165) is 49.9 Å². The fourth-order valence-electron chi connectivity index (χ4n) is 6.45. The summed E-state index contributed by atoms with van der Waals surface area (Å²) in [7, 11) is 0. The van der Waals surface area contributed by atoms with Gasteiger partial charge in [0.1, 0.15) is 5.75 Å². The Balaban J connectivity index is 1.33. The van der Waals surface area contributed by atoms with Gasteiger partial charge < -0.3 is 4.74 Å². The van der Waals surface area contributed by atoms with Crippen LogP contribution in [-0.2, 0) is 6.42 Å². The SMILES string of the molecule is CCCCCCCCOc1ccc(-c2ccc(CCC(C#N)C[C@H]3CC[C@H](CCCCCCC)CC3)cc2)cc1. The molecule has 0 spiro atoms. The second-order valence-electron chi connectivity index (χ2n) is 12.5. The van der Waals surface area contributed by atoms with Crippen LogP contribution < -0.4 is 4.74 Å². The van der Waals surface area contributed by atoms with Crippen molar-refractivity contribution in [3.8, 4) is 22.9 Å².